The summed E-state index contributed by atoms with van der Waals surface area (Å²) < 4.78 is 10.9. The minimum Gasteiger partial charge on any atom is -0.493 e. The van der Waals surface area contributed by atoms with Gasteiger partial charge in [-0.1, -0.05) is 12.1 Å². The molecule has 21 heavy (non-hydrogen) atoms. The van der Waals surface area contributed by atoms with Crippen molar-refractivity contribution in [1.82, 2.24) is 5.32 Å². The molecule has 2 N–H and O–H groups in total. The van der Waals surface area contributed by atoms with E-state index < -0.39 is 17.8 Å². The van der Waals surface area contributed by atoms with E-state index in [1.165, 1.54) is 0 Å². The molecule has 1 amide bonds. The maximum absolute atomic E-state index is 11.7. The Balaban J connectivity index is 1.79. The lowest BCUT2D eigenvalue weighted by Crippen LogP contribution is -2.35. The summed E-state index contributed by atoms with van der Waals surface area (Å²) in [4.78, 5) is 22.5. The summed E-state index contributed by atoms with van der Waals surface area (Å²) in [6.45, 7) is 2.15. The van der Waals surface area contributed by atoms with E-state index in [4.69, 9.17) is 14.6 Å². The molecular weight excluding hydrogens is 274 g/mol. The SMILES string of the molecule is COc1ccccc1O[C@H](C)CNC(=O)[C@H]1C[C@@H]1C(=O)O. The summed E-state index contributed by atoms with van der Waals surface area (Å²) in [6.07, 6.45) is 0.176. The van der Waals surface area contributed by atoms with Crippen molar-refractivity contribution in [1.29, 1.82) is 0 Å². The van der Waals surface area contributed by atoms with Crippen LogP contribution in [0.4, 0.5) is 0 Å². The minimum absolute atomic E-state index is 0.224. The number of amides is 1. The van der Waals surface area contributed by atoms with Crippen LogP contribution in [0.1, 0.15) is 13.3 Å². The predicted molar refractivity (Wildman–Crippen MR) is 75.3 cm³/mol. The number of para-hydroxylation sites is 2. The molecule has 1 aromatic rings. The number of carboxylic acid groups (broad SMARTS) is 1. The number of nitrogens with one attached hydrogen (secondary N) is 1. The van der Waals surface area contributed by atoms with Crippen LogP contribution in [0.15, 0.2) is 24.3 Å². The molecule has 1 saturated carbocycles. The van der Waals surface area contributed by atoms with Crippen molar-refractivity contribution in [2.75, 3.05) is 13.7 Å². The Morgan fingerprint density at radius 3 is 2.57 bits per heavy atom. The van der Waals surface area contributed by atoms with E-state index in [0.29, 0.717) is 24.5 Å². The van der Waals surface area contributed by atoms with Crippen LogP contribution in [0.25, 0.3) is 0 Å². The van der Waals surface area contributed by atoms with E-state index >= 15 is 0 Å². The zero-order valence-electron chi connectivity index (χ0n) is 12.0. The molecular formula is C15H19NO5. The highest BCUT2D eigenvalue weighted by atomic mass is 16.5. The normalized spacial score (nSPS) is 21.2. The number of ether oxygens (including phenoxy) is 2. The lowest BCUT2D eigenvalue weighted by Gasteiger charge is -2.17. The molecule has 0 radical (unpaired) electrons. The third-order valence-electron chi connectivity index (χ3n) is 3.41. The molecule has 6 heteroatoms. The smallest absolute Gasteiger partial charge is 0.307 e. The Hall–Kier alpha value is -2.24. The van der Waals surface area contributed by atoms with E-state index in [2.05, 4.69) is 5.32 Å². The van der Waals surface area contributed by atoms with Gasteiger partial charge in [-0.3, -0.25) is 9.59 Å². The standard InChI is InChI=1S/C15H19NO5/c1-9(21-13-6-4-3-5-12(13)20-2)8-16-14(17)10-7-11(10)15(18)19/h3-6,9-11H,7-8H2,1-2H3,(H,16,17)(H,18,19)/t9-,10+,11+/m1/s1. The molecule has 1 aliphatic rings. The number of hydrogen-bond acceptors (Lipinski definition) is 4. The van der Waals surface area contributed by atoms with Gasteiger partial charge in [0.05, 0.1) is 25.5 Å². The van der Waals surface area contributed by atoms with Crippen LogP contribution in [-0.2, 0) is 9.59 Å². The van der Waals surface area contributed by atoms with Gasteiger partial charge in [-0.05, 0) is 25.5 Å². The quantitative estimate of drug-likeness (QED) is 0.791. The minimum atomic E-state index is -0.909. The molecule has 3 atom stereocenters. The van der Waals surface area contributed by atoms with Gasteiger partial charge in [0.15, 0.2) is 11.5 Å². The van der Waals surface area contributed by atoms with E-state index in [1.807, 2.05) is 19.1 Å². The molecule has 1 fully saturated rings. The van der Waals surface area contributed by atoms with Crippen LogP contribution in [0.2, 0.25) is 0 Å². The van der Waals surface area contributed by atoms with Gasteiger partial charge in [-0.15, -0.1) is 0 Å². The van der Waals surface area contributed by atoms with Crippen LogP contribution < -0.4 is 14.8 Å². The number of aliphatic carboxylic acids is 1. The van der Waals surface area contributed by atoms with Gasteiger partial charge in [0.2, 0.25) is 5.91 Å². The Kier molecular flexibility index (Phi) is 4.67. The number of methoxy groups -OCH3 is 1. The van der Waals surface area contributed by atoms with Crippen LogP contribution in [0.3, 0.4) is 0 Å². The lowest BCUT2D eigenvalue weighted by molar-refractivity contribution is -0.140. The highest BCUT2D eigenvalue weighted by molar-refractivity contribution is 5.89. The molecule has 114 valence electrons. The Bertz CT molecular complexity index is 531. The van der Waals surface area contributed by atoms with Crippen LogP contribution in [0, 0.1) is 11.8 Å². The molecule has 0 spiro atoms. The first-order valence-corrected chi connectivity index (χ1v) is 6.83. The summed E-state index contributed by atoms with van der Waals surface area (Å²) in [5.41, 5.74) is 0. The molecule has 2 rings (SSSR count). The average molecular weight is 293 g/mol. The van der Waals surface area contributed by atoms with Gasteiger partial charge in [0, 0.05) is 0 Å². The van der Waals surface area contributed by atoms with Gasteiger partial charge >= 0.3 is 5.97 Å². The monoisotopic (exact) mass is 293 g/mol. The van der Waals surface area contributed by atoms with E-state index in [-0.39, 0.29) is 12.0 Å². The van der Waals surface area contributed by atoms with Gasteiger partial charge in [-0.2, -0.15) is 0 Å². The fraction of sp³-hybridized carbons (Fsp3) is 0.467. The lowest BCUT2D eigenvalue weighted by atomic mass is 10.3. The Morgan fingerprint density at radius 2 is 2.00 bits per heavy atom. The maximum atomic E-state index is 11.7. The number of hydrogen-bond donors (Lipinski definition) is 2. The van der Waals surface area contributed by atoms with Crippen molar-refractivity contribution >= 4 is 11.9 Å². The molecule has 0 aromatic heterocycles. The van der Waals surface area contributed by atoms with Gasteiger partial charge in [0.25, 0.3) is 0 Å². The molecule has 1 aliphatic carbocycles. The topological polar surface area (TPSA) is 84.9 Å². The summed E-state index contributed by atoms with van der Waals surface area (Å²) in [6, 6.07) is 7.27. The van der Waals surface area contributed by atoms with Crippen molar-refractivity contribution in [3.63, 3.8) is 0 Å². The summed E-state index contributed by atoms with van der Waals surface area (Å²) >= 11 is 0. The maximum Gasteiger partial charge on any atom is 0.307 e. The van der Waals surface area contributed by atoms with Crippen molar-refractivity contribution in [2.24, 2.45) is 11.8 Å². The van der Waals surface area contributed by atoms with E-state index in [9.17, 15) is 9.59 Å². The third-order valence-corrected chi connectivity index (χ3v) is 3.41. The first kappa shape index (κ1) is 15.2. The van der Waals surface area contributed by atoms with E-state index in [1.54, 1.807) is 19.2 Å². The molecule has 0 unspecified atom stereocenters. The fourth-order valence-corrected chi connectivity index (χ4v) is 2.11. The number of benzene rings is 1. The largest absolute Gasteiger partial charge is 0.493 e. The van der Waals surface area contributed by atoms with Gasteiger partial charge in [-0.25, -0.2) is 0 Å². The van der Waals surface area contributed by atoms with Gasteiger partial charge < -0.3 is 19.9 Å². The summed E-state index contributed by atoms with van der Waals surface area (Å²) in [5, 5.41) is 11.5. The average Bonchev–Trinajstić information content (AvgIpc) is 3.26. The number of rotatable bonds is 7. The number of carboxylic acids is 1. The molecule has 0 saturated heterocycles. The van der Waals surface area contributed by atoms with Crippen molar-refractivity contribution in [3.8, 4) is 11.5 Å². The Morgan fingerprint density at radius 1 is 1.33 bits per heavy atom. The van der Waals surface area contributed by atoms with Crippen LogP contribution in [-0.4, -0.2) is 36.7 Å². The number of carbonyl (C=O) groups excluding carboxylic acids is 1. The molecule has 1 aromatic carbocycles. The molecule has 0 heterocycles. The molecule has 0 aliphatic heterocycles. The first-order chi connectivity index (χ1) is 10.0. The number of carbonyl (C=O) groups is 2. The Labute approximate surface area is 123 Å². The van der Waals surface area contributed by atoms with Crippen LogP contribution in [0.5, 0.6) is 11.5 Å². The van der Waals surface area contributed by atoms with Crippen molar-refractivity contribution in [2.45, 2.75) is 19.4 Å². The van der Waals surface area contributed by atoms with Crippen molar-refractivity contribution in [3.05, 3.63) is 24.3 Å². The van der Waals surface area contributed by atoms with Gasteiger partial charge in [0.1, 0.15) is 6.10 Å². The second-order valence-corrected chi connectivity index (χ2v) is 5.11. The zero-order chi connectivity index (χ0) is 15.4. The highest BCUT2D eigenvalue weighted by Crippen LogP contribution is 2.38. The summed E-state index contributed by atoms with van der Waals surface area (Å²) in [7, 11) is 1.56. The fourth-order valence-electron chi connectivity index (χ4n) is 2.11. The predicted octanol–water partition coefficient (Wildman–Crippen LogP) is 1.30. The molecule has 6 nitrogen and oxygen atoms in total. The zero-order valence-corrected chi connectivity index (χ0v) is 12.0. The third kappa shape index (κ3) is 3.87. The van der Waals surface area contributed by atoms with E-state index in [0.717, 1.165) is 0 Å². The highest BCUT2D eigenvalue weighted by Gasteiger charge is 2.48. The van der Waals surface area contributed by atoms with Crippen molar-refractivity contribution < 1.29 is 24.2 Å². The first-order valence-electron chi connectivity index (χ1n) is 6.83. The molecule has 0 bridgehead atoms. The second-order valence-electron chi connectivity index (χ2n) is 5.11. The summed E-state index contributed by atoms with van der Waals surface area (Å²) in [5.74, 6) is -0.830. The van der Waals surface area contributed by atoms with Crippen LogP contribution >= 0.6 is 0 Å². The second kappa shape index (κ2) is 6.47.